The Balaban J connectivity index is 1.56. The third-order valence-electron chi connectivity index (χ3n) is 5.94. The molecule has 1 aliphatic heterocycles. The first kappa shape index (κ1) is 26.2. The van der Waals surface area contributed by atoms with Crippen molar-refractivity contribution in [2.24, 2.45) is 5.10 Å². The minimum absolute atomic E-state index is 0.0453. The number of carbonyl (C=O) groups is 2. The maximum absolute atomic E-state index is 13.4. The fourth-order valence-electron chi connectivity index (χ4n) is 4.02. The van der Waals surface area contributed by atoms with Gasteiger partial charge in [0.25, 0.3) is 11.8 Å². The summed E-state index contributed by atoms with van der Waals surface area (Å²) in [5, 5.41) is 7.86. The van der Waals surface area contributed by atoms with Gasteiger partial charge in [0, 0.05) is 19.0 Å². The van der Waals surface area contributed by atoms with Gasteiger partial charge in [-0.15, -0.1) is 11.3 Å². The zero-order valence-corrected chi connectivity index (χ0v) is 21.1. The second-order valence-corrected chi connectivity index (χ2v) is 9.28. The molecule has 0 saturated carbocycles. The Morgan fingerprint density at radius 2 is 1.78 bits per heavy atom. The number of carbonyl (C=O) groups excluding carboxylic acids is 2. The Morgan fingerprint density at radius 1 is 1.08 bits per heavy atom. The third-order valence-corrected chi connectivity index (χ3v) is 6.86. The van der Waals surface area contributed by atoms with Crippen molar-refractivity contribution in [2.75, 3.05) is 27.8 Å². The number of hydrogen-bond acceptors (Lipinski definition) is 6. The quantitative estimate of drug-likeness (QED) is 0.419. The van der Waals surface area contributed by atoms with Crippen LogP contribution in [0.5, 0.6) is 11.5 Å². The molecule has 0 saturated heterocycles. The minimum atomic E-state index is -4.50. The molecule has 2 aromatic carbocycles. The van der Waals surface area contributed by atoms with Gasteiger partial charge in [0.2, 0.25) is 0 Å². The highest BCUT2D eigenvalue weighted by molar-refractivity contribution is 7.12. The molecule has 1 aromatic heterocycles. The van der Waals surface area contributed by atoms with Gasteiger partial charge >= 0.3 is 6.18 Å². The second-order valence-electron chi connectivity index (χ2n) is 8.33. The number of nitrogens with zero attached hydrogens (tertiary/aromatic N) is 3. The van der Waals surface area contributed by atoms with Crippen molar-refractivity contribution in [1.82, 2.24) is 9.91 Å². The lowest BCUT2D eigenvalue weighted by Gasteiger charge is -2.25. The monoisotopic (exact) mass is 531 g/mol. The fraction of sp³-hybridized carbons (Fsp3) is 0.269. The highest BCUT2D eigenvalue weighted by atomic mass is 32.1. The highest BCUT2D eigenvalue weighted by Gasteiger charge is 2.35. The zero-order chi connectivity index (χ0) is 26.7. The van der Waals surface area contributed by atoms with Crippen LogP contribution in [-0.2, 0) is 11.0 Å². The number of rotatable bonds is 7. The van der Waals surface area contributed by atoms with Gasteiger partial charge in [0.1, 0.15) is 6.54 Å². The van der Waals surface area contributed by atoms with Crippen LogP contribution in [0, 0.1) is 0 Å². The smallest absolute Gasteiger partial charge is 0.416 e. The lowest BCUT2D eigenvalue weighted by atomic mass is 10.0. The van der Waals surface area contributed by atoms with E-state index in [9.17, 15) is 22.8 Å². The van der Waals surface area contributed by atoms with Gasteiger partial charge < -0.3 is 14.4 Å². The van der Waals surface area contributed by atoms with Gasteiger partial charge in [0.05, 0.1) is 36.4 Å². The Morgan fingerprint density at radius 3 is 2.38 bits per heavy atom. The van der Waals surface area contributed by atoms with Crippen LogP contribution in [0.2, 0.25) is 0 Å². The molecule has 2 heterocycles. The first-order valence-electron chi connectivity index (χ1n) is 11.2. The first-order chi connectivity index (χ1) is 17.6. The fourth-order valence-corrected chi connectivity index (χ4v) is 4.74. The molecule has 1 aliphatic rings. The Kier molecular flexibility index (Phi) is 7.53. The molecule has 0 aliphatic carbocycles. The summed E-state index contributed by atoms with van der Waals surface area (Å²) in [6.45, 7) is -0.315. The summed E-state index contributed by atoms with van der Waals surface area (Å²) in [6.07, 6.45) is -4.05. The van der Waals surface area contributed by atoms with Gasteiger partial charge in [-0.05, 0) is 53.4 Å². The number of likely N-dealkylation sites (N-methyl/N-ethyl adjacent to an activating group) is 1. The molecule has 1 atom stereocenters. The van der Waals surface area contributed by atoms with Gasteiger partial charge in [-0.3, -0.25) is 9.59 Å². The summed E-state index contributed by atoms with van der Waals surface area (Å²) in [5.74, 6) is 0.0375. The van der Waals surface area contributed by atoms with E-state index < -0.39 is 29.6 Å². The molecular formula is C26H24F3N3O4S. The molecule has 0 radical (unpaired) electrons. The van der Waals surface area contributed by atoms with Crippen molar-refractivity contribution in [1.29, 1.82) is 0 Å². The van der Waals surface area contributed by atoms with Gasteiger partial charge in [-0.2, -0.15) is 18.3 Å². The average Bonchev–Trinajstić information content (AvgIpc) is 3.58. The predicted molar refractivity (Wildman–Crippen MR) is 133 cm³/mol. The standard InChI is InChI=1S/C26H24F3N3O4S/c1-31(25(34)16-6-9-18(10-7-16)26(27,28)29)15-24(33)32-20(14-19(30-32)23-5-4-12-37-23)17-8-11-21(35-2)22(13-17)36-3/h4-13,20H,14-15H2,1-3H3/t20-/m0/s1. The number of methoxy groups -OCH3 is 2. The lowest BCUT2D eigenvalue weighted by Crippen LogP contribution is -2.39. The highest BCUT2D eigenvalue weighted by Crippen LogP contribution is 2.38. The Bertz CT molecular complexity index is 1310. The molecule has 7 nitrogen and oxygen atoms in total. The van der Waals surface area contributed by atoms with Crippen molar-refractivity contribution in [2.45, 2.75) is 18.6 Å². The predicted octanol–water partition coefficient (Wildman–Crippen LogP) is 5.23. The van der Waals surface area contributed by atoms with Crippen LogP contribution in [0.1, 0.15) is 38.8 Å². The van der Waals surface area contributed by atoms with E-state index in [0.29, 0.717) is 17.9 Å². The minimum Gasteiger partial charge on any atom is -0.493 e. The van der Waals surface area contributed by atoms with Crippen LogP contribution >= 0.6 is 11.3 Å². The molecule has 0 bridgehead atoms. The summed E-state index contributed by atoms with van der Waals surface area (Å²) in [4.78, 5) is 28.3. The van der Waals surface area contributed by atoms with Gasteiger partial charge in [-0.25, -0.2) is 5.01 Å². The van der Waals surface area contributed by atoms with Crippen molar-refractivity contribution in [3.05, 3.63) is 81.5 Å². The number of benzene rings is 2. The van der Waals surface area contributed by atoms with Crippen molar-refractivity contribution >= 4 is 28.9 Å². The van der Waals surface area contributed by atoms with E-state index in [1.54, 1.807) is 12.1 Å². The van der Waals surface area contributed by atoms with E-state index >= 15 is 0 Å². The molecule has 4 rings (SSSR count). The number of hydrogen-bond donors (Lipinski definition) is 0. The van der Waals surface area contributed by atoms with E-state index in [2.05, 4.69) is 5.10 Å². The number of thiophene rings is 1. The number of amides is 2. The molecule has 2 amide bonds. The van der Waals surface area contributed by atoms with Crippen molar-refractivity contribution in [3.63, 3.8) is 0 Å². The molecule has 194 valence electrons. The third kappa shape index (κ3) is 5.61. The summed E-state index contributed by atoms with van der Waals surface area (Å²) in [6, 6.07) is 12.6. The Hall–Kier alpha value is -3.86. The van der Waals surface area contributed by atoms with E-state index in [-0.39, 0.29) is 12.1 Å². The Labute approximate surface area is 215 Å². The molecule has 3 aromatic rings. The van der Waals surface area contributed by atoms with Gasteiger partial charge in [0.15, 0.2) is 11.5 Å². The first-order valence-corrected chi connectivity index (χ1v) is 12.1. The number of ether oxygens (including phenoxy) is 2. The molecular weight excluding hydrogens is 507 g/mol. The van der Waals surface area contributed by atoms with Crippen LogP contribution in [-0.4, -0.2) is 55.2 Å². The van der Waals surface area contributed by atoms with Crippen LogP contribution in [0.3, 0.4) is 0 Å². The number of halogens is 3. The lowest BCUT2D eigenvalue weighted by molar-refractivity contribution is -0.137. The van der Waals surface area contributed by atoms with Crippen LogP contribution < -0.4 is 9.47 Å². The molecule has 0 fully saturated rings. The maximum Gasteiger partial charge on any atom is 0.416 e. The van der Waals surface area contributed by atoms with Crippen LogP contribution in [0.4, 0.5) is 13.2 Å². The van der Waals surface area contributed by atoms with Crippen LogP contribution in [0.15, 0.2) is 65.1 Å². The molecule has 0 spiro atoms. The molecule has 0 unspecified atom stereocenters. The number of hydrazone groups is 1. The molecule has 37 heavy (non-hydrogen) atoms. The summed E-state index contributed by atoms with van der Waals surface area (Å²) < 4.78 is 49.3. The second kappa shape index (κ2) is 10.6. The zero-order valence-electron chi connectivity index (χ0n) is 20.3. The average molecular weight is 532 g/mol. The SMILES string of the molecule is COc1ccc([C@@H]2CC(c3cccs3)=NN2C(=O)CN(C)C(=O)c2ccc(C(F)(F)F)cc2)cc1OC. The van der Waals surface area contributed by atoms with Crippen LogP contribution in [0.25, 0.3) is 0 Å². The van der Waals surface area contributed by atoms with E-state index in [4.69, 9.17) is 9.47 Å². The van der Waals surface area contributed by atoms with E-state index in [0.717, 1.165) is 45.3 Å². The van der Waals surface area contributed by atoms with Crippen molar-refractivity contribution in [3.8, 4) is 11.5 Å². The van der Waals surface area contributed by atoms with Gasteiger partial charge in [-0.1, -0.05) is 12.1 Å². The largest absolute Gasteiger partial charge is 0.493 e. The normalized spacial score (nSPS) is 15.4. The topological polar surface area (TPSA) is 71.4 Å². The van der Waals surface area contributed by atoms with E-state index in [1.165, 1.54) is 37.6 Å². The summed E-state index contributed by atoms with van der Waals surface area (Å²) >= 11 is 1.51. The molecule has 11 heteroatoms. The summed E-state index contributed by atoms with van der Waals surface area (Å²) in [7, 11) is 4.47. The molecule has 0 N–H and O–H groups in total. The van der Waals surface area contributed by atoms with Crippen molar-refractivity contribution < 1.29 is 32.2 Å². The van der Waals surface area contributed by atoms with E-state index in [1.807, 2.05) is 23.6 Å². The summed E-state index contributed by atoms with van der Waals surface area (Å²) in [5.41, 5.74) is 0.704. The number of alkyl halides is 3. The maximum atomic E-state index is 13.4.